The van der Waals surface area contributed by atoms with E-state index in [1.165, 1.54) is 6.33 Å². The molecule has 0 bridgehead atoms. The first-order valence-corrected chi connectivity index (χ1v) is 3.35. The molecule has 1 aromatic rings. The summed E-state index contributed by atoms with van der Waals surface area (Å²) in [5.74, 6) is -1.37. The molecule has 11 heavy (non-hydrogen) atoms. The number of H-pyrrole nitrogens is 1. The first-order valence-electron chi connectivity index (χ1n) is 3.35. The molecule has 0 fully saturated rings. The summed E-state index contributed by atoms with van der Waals surface area (Å²) < 4.78 is 0. The monoisotopic (exact) mass is 154 g/mol. The van der Waals surface area contributed by atoms with Gasteiger partial charge in [0.1, 0.15) is 0 Å². The Labute approximate surface area is 64.3 Å². The van der Waals surface area contributed by atoms with Crippen LogP contribution in [0.25, 0.3) is 0 Å². The molecule has 0 aliphatic carbocycles. The first-order chi connectivity index (χ1) is 5.13. The van der Waals surface area contributed by atoms with Crippen molar-refractivity contribution in [1.29, 1.82) is 0 Å². The maximum Gasteiger partial charge on any atom is 0.312 e. The molecule has 1 unspecified atom stereocenters. The minimum absolute atomic E-state index is 0.527. The molecule has 1 rings (SSSR count). The summed E-state index contributed by atoms with van der Waals surface area (Å²) in [4.78, 5) is 17.2. The highest BCUT2D eigenvalue weighted by molar-refractivity contribution is 5.75. The van der Waals surface area contributed by atoms with E-state index in [0.717, 1.165) is 5.69 Å². The van der Waals surface area contributed by atoms with Crippen LogP contribution in [0.1, 0.15) is 24.2 Å². The van der Waals surface area contributed by atoms with E-state index in [9.17, 15) is 4.79 Å². The Bertz CT molecular complexity index is 267. The van der Waals surface area contributed by atoms with Crippen molar-refractivity contribution >= 4 is 5.97 Å². The lowest BCUT2D eigenvalue weighted by Crippen LogP contribution is -2.08. The number of nitrogens with one attached hydrogen (secondary N) is 1. The smallest absolute Gasteiger partial charge is 0.312 e. The number of rotatable bonds is 2. The molecule has 0 saturated carbocycles. The van der Waals surface area contributed by atoms with E-state index >= 15 is 0 Å². The zero-order chi connectivity index (χ0) is 8.43. The molecule has 0 aromatic carbocycles. The fourth-order valence-corrected chi connectivity index (χ4v) is 0.923. The Morgan fingerprint density at radius 1 is 1.82 bits per heavy atom. The lowest BCUT2D eigenvalue weighted by atomic mass is 10.1. The molecule has 1 heterocycles. The van der Waals surface area contributed by atoms with E-state index in [1.807, 2.05) is 6.92 Å². The molecule has 4 heteroatoms. The number of carbonyl (C=O) groups is 1. The van der Waals surface area contributed by atoms with Crippen LogP contribution in [-0.2, 0) is 4.79 Å². The summed E-state index contributed by atoms with van der Waals surface area (Å²) >= 11 is 0. The Morgan fingerprint density at radius 3 is 2.82 bits per heavy atom. The minimum atomic E-state index is -0.847. The maximum atomic E-state index is 10.5. The predicted octanol–water partition coefficient (Wildman–Crippen LogP) is 0.906. The maximum absolute atomic E-state index is 10.5. The van der Waals surface area contributed by atoms with Crippen LogP contribution < -0.4 is 0 Å². The third-order valence-corrected chi connectivity index (χ3v) is 1.65. The summed E-state index contributed by atoms with van der Waals surface area (Å²) in [5, 5.41) is 8.62. The van der Waals surface area contributed by atoms with Crippen LogP contribution >= 0.6 is 0 Å². The van der Waals surface area contributed by atoms with Crippen molar-refractivity contribution in [2.75, 3.05) is 0 Å². The van der Waals surface area contributed by atoms with Gasteiger partial charge < -0.3 is 10.1 Å². The number of aromatic amines is 1. The van der Waals surface area contributed by atoms with Gasteiger partial charge in [-0.05, 0) is 13.8 Å². The second-order valence-electron chi connectivity index (χ2n) is 2.47. The van der Waals surface area contributed by atoms with Crippen molar-refractivity contribution in [3.8, 4) is 0 Å². The van der Waals surface area contributed by atoms with Crippen molar-refractivity contribution in [2.24, 2.45) is 0 Å². The van der Waals surface area contributed by atoms with E-state index in [1.54, 1.807) is 6.92 Å². The molecule has 0 spiro atoms. The van der Waals surface area contributed by atoms with Gasteiger partial charge in [-0.1, -0.05) is 0 Å². The van der Waals surface area contributed by atoms with Gasteiger partial charge in [0, 0.05) is 5.69 Å². The number of hydrogen-bond acceptors (Lipinski definition) is 2. The van der Waals surface area contributed by atoms with E-state index in [2.05, 4.69) is 9.97 Å². The Hall–Kier alpha value is -1.32. The summed E-state index contributed by atoms with van der Waals surface area (Å²) in [5.41, 5.74) is 1.43. The second-order valence-corrected chi connectivity index (χ2v) is 2.47. The number of imidazole rings is 1. The average Bonchev–Trinajstić information content (AvgIpc) is 2.33. The molecule has 1 atom stereocenters. The van der Waals surface area contributed by atoms with Gasteiger partial charge in [-0.15, -0.1) is 0 Å². The summed E-state index contributed by atoms with van der Waals surface area (Å²) in [6.07, 6.45) is 1.50. The summed E-state index contributed by atoms with van der Waals surface area (Å²) in [7, 11) is 0. The van der Waals surface area contributed by atoms with Gasteiger partial charge in [0.05, 0.1) is 17.9 Å². The van der Waals surface area contributed by atoms with Crippen molar-refractivity contribution in [3.05, 3.63) is 17.7 Å². The van der Waals surface area contributed by atoms with Crippen LogP contribution in [0.15, 0.2) is 6.33 Å². The van der Waals surface area contributed by atoms with Crippen molar-refractivity contribution < 1.29 is 9.90 Å². The highest BCUT2D eigenvalue weighted by Gasteiger charge is 2.17. The second kappa shape index (κ2) is 2.74. The van der Waals surface area contributed by atoms with Crippen LogP contribution in [-0.4, -0.2) is 21.0 Å². The van der Waals surface area contributed by atoms with Crippen LogP contribution in [0.4, 0.5) is 0 Å². The number of aryl methyl sites for hydroxylation is 1. The van der Waals surface area contributed by atoms with Crippen LogP contribution in [0.3, 0.4) is 0 Å². The molecule has 2 N–H and O–H groups in total. The van der Waals surface area contributed by atoms with E-state index in [-0.39, 0.29) is 0 Å². The zero-order valence-electron chi connectivity index (χ0n) is 6.46. The molecule has 0 aliphatic rings. The van der Waals surface area contributed by atoms with Gasteiger partial charge in [0.15, 0.2) is 0 Å². The predicted molar refractivity (Wildman–Crippen MR) is 39.4 cm³/mol. The zero-order valence-corrected chi connectivity index (χ0v) is 6.46. The highest BCUT2D eigenvalue weighted by Crippen LogP contribution is 2.14. The number of carboxylic acid groups (broad SMARTS) is 1. The van der Waals surface area contributed by atoms with Crippen LogP contribution in [0.2, 0.25) is 0 Å². The largest absolute Gasteiger partial charge is 0.481 e. The van der Waals surface area contributed by atoms with E-state index in [4.69, 9.17) is 5.11 Å². The molecule has 0 aliphatic heterocycles. The lowest BCUT2D eigenvalue weighted by Gasteiger charge is -2.01. The van der Waals surface area contributed by atoms with Gasteiger partial charge in [-0.2, -0.15) is 0 Å². The molecule has 0 amide bonds. The summed E-state index contributed by atoms with van der Waals surface area (Å²) in [6, 6.07) is 0. The Morgan fingerprint density at radius 2 is 2.45 bits per heavy atom. The molecule has 0 saturated heterocycles. The van der Waals surface area contributed by atoms with Gasteiger partial charge in [0.2, 0.25) is 0 Å². The summed E-state index contributed by atoms with van der Waals surface area (Å²) in [6.45, 7) is 3.42. The fraction of sp³-hybridized carbons (Fsp3) is 0.429. The number of carboxylic acids is 1. The molecular formula is C7H10N2O2. The normalized spacial score (nSPS) is 12.9. The molecule has 4 nitrogen and oxygen atoms in total. The Balaban J connectivity index is 2.92. The first kappa shape index (κ1) is 7.78. The highest BCUT2D eigenvalue weighted by atomic mass is 16.4. The topological polar surface area (TPSA) is 66.0 Å². The molecule has 0 radical (unpaired) electrons. The van der Waals surface area contributed by atoms with Crippen molar-refractivity contribution in [3.63, 3.8) is 0 Å². The quantitative estimate of drug-likeness (QED) is 0.665. The molecule has 60 valence electrons. The van der Waals surface area contributed by atoms with Crippen molar-refractivity contribution in [2.45, 2.75) is 19.8 Å². The van der Waals surface area contributed by atoms with Gasteiger partial charge in [-0.3, -0.25) is 4.79 Å². The SMILES string of the molecule is Cc1[nH]cnc1C(C)C(=O)O. The number of aromatic nitrogens is 2. The Kier molecular flexibility index (Phi) is 1.94. The van der Waals surface area contributed by atoms with Gasteiger partial charge in [0.25, 0.3) is 0 Å². The molecular weight excluding hydrogens is 144 g/mol. The van der Waals surface area contributed by atoms with Crippen LogP contribution in [0, 0.1) is 6.92 Å². The molecule has 1 aromatic heterocycles. The third kappa shape index (κ3) is 1.39. The number of nitrogens with zero attached hydrogens (tertiary/aromatic N) is 1. The third-order valence-electron chi connectivity index (χ3n) is 1.65. The minimum Gasteiger partial charge on any atom is -0.481 e. The number of hydrogen-bond donors (Lipinski definition) is 2. The fourth-order valence-electron chi connectivity index (χ4n) is 0.923. The van der Waals surface area contributed by atoms with E-state index in [0.29, 0.717) is 5.69 Å². The van der Waals surface area contributed by atoms with Crippen LogP contribution in [0.5, 0.6) is 0 Å². The van der Waals surface area contributed by atoms with E-state index < -0.39 is 11.9 Å². The van der Waals surface area contributed by atoms with Gasteiger partial charge in [-0.25, -0.2) is 4.98 Å². The van der Waals surface area contributed by atoms with Crippen molar-refractivity contribution in [1.82, 2.24) is 9.97 Å². The standard InChI is InChI=1S/C7H10N2O2/c1-4(7(10)11)6-5(2)8-3-9-6/h3-4H,1-2H3,(H,8,9)(H,10,11). The number of aliphatic carboxylic acids is 1. The lowest BCUT2D eigenvalue weighted by molar-refractivity contribution is -0.138. The average molecular weight is 154 g/mol. The van der Waals surface area contributed by atoms with Gasteiger partial charge >= 0.3 is 5.97 Å².